The zero-order chi connectivity index (χ0) is 11.4. The highest BCUT2D eigenvalue weighted by Crippen LogP contribution is 2.07. The van der Waals surface area contributed by atoms with Crippen molar-refractivity contribution in [3.05, 3.63) is 24.5 Å². The van der Waals surface area contributed by atoms with E-state index in [9.17, 15) is 0 Å². The molecule has 0 aromatic carbocycles. The van der Waals surface area contributed by atoms with E-state index in [1.807, 2.05) is 25.3 Å². The van der Waals surface area contributed by atoms with Crippen LogP contribution in [0.25, 0.3) is 5.65 Å². The van der Waals surface area contributed by atoms with E-state index in [4.69, 9.17) is 4.74 Å². The van der Waals surface area contributed by atoms with Gasteiger partial charge < -0.3 is 10.1 Å². The van der Waals surface area contributed by atoms with Gasteiger partial charge in [-0.1, -0.05) is 0 Å². The molecule has 0 radical (unpaired) electrons. The van der Waals surface area contributed by atoms with Gasteiger partial charge in [0.15, 0.2) is 5.65 Å². The Bertz CT molecular complexity index is 454. The fourth-order valence-electron chi connectivity index (χ4n) is 1.48. The minimum absolute atomic E-state index is 0.248. The molecular weight excluding hydrogens is 204 g/mol. The summed E-state index contributed by atoms with van der Waals surface area (Å²) in [7, 11) is 0. The van der Waals surface area contributed by atoms with E-state index in [-0.39, 0.29) is 6.04 Å². The van der Waals surface area contributed by atoms with E-state index in [0.717, 1.165) is 18.1 Å². The second-order valence-electron chi connectivity index (χ2n) is 3.65. The molecule has 1 N–H and O–H groups in total. The molecule has 16 heavy (non-hydrogen) atoms. The number of nitrogens with one attached hydrogen (secondary N) is 1. The number of ether oxygens (including phenoxy) is 1. The minimum atomic E-state index is 0.248. The van der Waals surface area contributed by atoms with Gasteiger partial charge in [0, 0.05) is 24.9 Å². The minimum Gasteiger partial charge on any atom is -0.380 e. The van der Waals surface area contributed by atoms with Crippen molar-refractivity contribution in [2.75, 3.05) is 18.5 Å². The van der Waals surface area contributed by atoms with E-state index in [0.29, 0.717) is 6.61 Å². The van der Waals surface area contributed by atoms with Crippen LogP contribution in [0.5, 0.6) is 0 Å². The lowest BCUT2D eigenvalue weighted by atomic mass is 10.3. The summed E-state index contributed by atoms with van der Waals surface area (Å²) >= 11 is 0. The second kappa shape index (κ2) is 4.94. The van der Waals surface area contributed by atoms with Crippen molar-refractivity contribution in [3.8, 4) is 0 Å². The van der Waals surface area contributed by atoms with Crippen molar-refractivity contribution in [3.63, 3.8) is 0 Å². The van der Waals surface area contributed by atoms with Gasteiger partial charge in [-0.3, -0.25) is 0 Å². The molecule has 5 heteroatoms. The molecule has 1 unspecified atom stereocenters. The number of rotatable bonds is 5. The van der Waals surface area contributed by atoms with E-state index in [1.165, 1.54) is 0 Å². The highest BCUT2D eigenvalue weighted by atomic mass is 16.5. The zero-order valence-corrected chi connectivity index (χ0v) is 9.55. The van der Waals surface area contributed by atoms with Crippen LogP contribution in [0.4, 0.5) is 5.82 Å². The van der Waals surface area contributed by atoms with Crippen LogP contribution < -0.4 is 5.32 Å². The predicted molar refractivity (Wildman–Crippen MR) is 62.6 cm³/mol. The third kappa shape index (κ3) is 2.49. The third-order valence-electron chi connectivity index (χ3n) is 2.22. The van der Waals surface area contributed by atoms with Crippen molar-refractivity contribution in [1.82, 2.24) is 14.6 Å². The lowest BCUT2D eigenvalue weighted by Crippen LogP contribution is -2.22. The van der Waals surface area contributed by atoms with Crippen LogP contribution in [0.2, 0.25) is 0 Å². The molecule has 0 spiro atoms. The molecule has 0 amide bonds. The first-order chi connectivity index (χ1) is 7.79. The van der Waals surface area contributed by atoms with Crippen molar-refractivity contribution < 1.29 is 4.74 Å². The van der Waals surface area contributed by atoms with Crippen molar-refractivity contribution in [2.24, 2.45) is 0 Å². The first-order valence-corrected chi connectivity index (χ1v) is 5.44. The molecule has 0 bridgehead atoms. The van der Waals surface area contributed by atoms with Crippen molar-refractivity contribution in [2.45, 2.75) is 19.9 Å². The first-order valence-electron chi connectivity index (χ1n) is 5.44. The summed E-state index contributed by atoms with van der Waals surface area (Å²) in [5.74, 6) is 0.847. The maximum Gasteiger partial charge on any atom is 0.157 e. The van der Waals surface area contributed by atoms with Crippen LogP contribution >= 0.6 is 0 Å². The van der Waals surface area contributed by atoms with Gasteiger partial charge in [-0.15, -0.1) is 0 Å². The molecular formula is C11H16N4O. The predicted octanol–water partition coefficient (Wildman–Crippen LogP) is 1.57. The maximum absolute atomic E-state index is 5.33. The van der Waals surface area contributed by atoms with Gasteiger partial charge in [-0.25, -0.2) is 9.50 Å². The Kier molecular flexibility index (Phi) is 3.36. The van der Waals surface area contributed by atoms with Gasteiger partial charge in [-0.2, -0.15) is 5.10 Å². The highest BCUT2D eigenvalue weighted by molar-refractivity contribution is 5.45. The molecule has 0 fully saturated rings. The number of aromatic nitrogens is 3. The summed E-state index contributed by atoms with van der Waals surface area (Å²) in [5, 5.41) is 7.37. The van der Waals surface area contributed by atoms with E-state index in [1.54, 1.807) is 10.7 Å². The van der Waals surface area contributed by atoms with E-state index >= 15 is 0 Å². The SMILES string of the molecule is CCOCC(C)Nc1ccn2nccc2n1. The van der Waals surface area contributed by atoms with Gasteiger partial charge in [0.25, 0.3) is 0 Å². The highest BCUT2D eigenvalue weighted by Gasteiger charge is 2.03. The fourth-order valence-corrected chi connectivity index (χ4v) is 1.48. The maximum atomic E-state index is 5.33. The van der Waals surface area contributed by atoms with Gasteiger partial charge in [0.05, 0.1) is 12.8 Å². The molecule has 0 saturated heterocycles. The largest absolute Gasteiger partial charge is 0.380 e. The Morgan fingerprint density at radius 3 is 3.19 bits per heavy atom. The summed E-state index contributed by atoms with van der Waals surface area (Å²) in [5.41, 5.74) is 0.841. The summed E-state index contributed by atoms with van der Waals surface area (Å²) in [4.78, 5) is 4.42. The molecule has 0 aliphatic rings. The number of hydrogen-bond donors (Lipinski definition) is 1. The van der Waals surface area contributed by atoms with Gasteiger partial charge in [-0.05, 0) is 19.9 Å². The summed E-state index contributed by atoms with van der Waals surface area (Å²) in [6.45, 7) is 5.48. The monoisotopic (exact) mass is 220 g/mol. The number of fused-ring (bicyclic) bond motifs is 1. The lowest BCUT2D eigenvalue weighted by Gasteiger charge is -2.13. The Balaban J connectivity index is 2.03. The van der Waals surface area contributed by atoms with E-state index < -0.39 is 0 Å². The molecule has 0 aliphatic carbocycles. The Labute approximate surface area is 94.4 Å². The molecule has 2 aromatic rings. The van der Waals surface area contributed by atoms with Crippen LogP contribution in [0.1, 0.15) is 13.8 Å². The molecule has 86 valence electrons. The third-order valence-corrected chi connectivity index (χ3v) is 2.22. The Hall–Kier alpha value is -1.62. The standard InChI is InChI=1S/C11H16N4O/c1-3-16-8-9(2)13-10-5-7-15-11(14-10)4-6-12-15/h4-7,9H,3,8H2,1-2H3,(H,13,14). The summed E-state index contributed by atoms with van der Waals surface area (Å²) in [6.07, 6.45) is 3.62. The van der Waals surface area contributed by atoms with E-state index in [2.05, 4.69) is 22.3 Å². The summed E-state index contributed by atoms with van der Waals surface area (Å²) in [6, 6.07) is 4.03. The molecule has 2 rings (SSSR count). The molecule has 2 heterocycles. The van der Waals surface area contributed by atoms with Crippen LogP contribution in [0, 0.1) is 0 Å². The second-order valence-corrected chi connectivity index (χ2v) is 3.65. The molecule has 1 atom stereocenters. The topological polar surface area (TPSA) is 51.5 Å². The lowest BCUT2D eigenvalue weighted by molar-refractivity contribution is 0.141. The van der Waals surface area contributed by atoms with Crippen molar-refractivity contribution >= 4 is 11.5 Å². The number of nitrogens with zero attached hydrogens (tertiary/aromatic N) is 3. The summed E-state index contributed by atoms with van der Waals surface area (Å²) < 4.78 is 7.07. The molecule has 5 nitrogen and oxygen atoms in total. The Morgan fingerprint density at radius 1 is 1.50 bits per heavy atom. The average Bonchev–Trinajstić information content (AvgIpc) is 2.73. The average molecular weight is 220 g/mol. The quantitative estimate of drug-likeness (QED) is 0.831. The van der Waals surface area contributed by atoms with Crippen LogP contribution in [0.15, 0.2) is 24.5 Å². The van der Waals surface area contributed by atoms with Crippen LogP contribution in [-0.4, -0.2) is 33.9 Å². The van der Waals surface area contributed by atoms with Gasteiger partial charge in [0.1, 0.15) is 5.82 Å². The smallest absolute Gasteiger partial charge is 0.157 e. The van der Waals surface area contributed by atoms with Gasteiger partial charge in [0.2, 0.25) is 0 Å². The first kappa shape index (κ1) is 10.9. The Morgan fingerprint density at radius 2 is 2.38 bits per heavy atom. The number of anilines is 1. The fraction of sp³-hybridized carbons (Fsp3) is 0.455. The van der Waals surface area contributed by atoms with Crippen LogP contribution in [-0.2, 0) is 4.74 Å². The normalized spacial score (nSPS) is 12.9. The van der Waals surface area contributed by atoms with Crippen molar-refractivity contribution in [1.29, 1.82) is 0 Å². The molecule has 0 aliphatic heterocycles. The number of hydrogen-bond acceptors (Lipinski definition) is 4. The molecule has 0 saturated carbocycles. The zero-order valence-electron chi connectivity index (χ0n) is 9.55. The van der Waals surface area contributed by atoms with Gasteiger partial charge >= 0.3 is 0 Å². The molecule has 2 aromatic heterocycles. The van der Waals surface area contributed by atoms with Crippen LogP contribution in [0.3, 0.4) is 0 Å².